The first-order valence-electron chi connectivity index (χ1n) is 8.97. The Labute approximate surface area is 160 Å². The van der Waals surface area contributed by atoms with Crippen molar-refractivity contribution in [1.82, 2.24) is 9.80 Å². The number of urea groups is 1. The zero-order chi connectivity index (χ0) is 19.8. The number of carbonyl (C=O) groups excluding carboxylic acids is 2. The summed E-state index contributed by atoms with van der Waals surface area (Å²) in [6.45, 7) is 0.777. The van der Waals surface area contributed by atoms with Crippen molar-refractivity contribution in [3.05, 3.63) is 65.7 Å². The highest BCUT2D eigenvalue weighted by atomic mass is 19.1. The number of aliphatic hydroxyl groups excluding tert-OH is 1. The molecule has 0 unspecified atom stereocenters. The van der Waals surface area contributed by atoms with Crippen LogP contribution in [0.25, 0.3) is 0 Å². The number of likely N-dealkylation sites (tertiary alicyclic amines) is 2. The van der Waals surface area contributed by atoms with Gasteiger partial charge in [-0.2, -0.15) is 0 Å². The van der Waals surface area contributed by atoms with Crippen LogP contribution >= 0.6 is 0 Å². The highest BCUT2D eigenvalue weighted by molar-refractivity contribution is 5.90. The SMILES string of the molecule is O=C(Nc1cc(F)cc(F)c1)N1C[C@@H]2[C@H](O)C(=O)N(Cc3ccccc3)[C@@H]2C1. The first kappa shape index (κ1) is 18.4. The average molecular weight is 387 g/mol. The molecular formula is C20H19F2N3O3. The topological polar surface area (TPSA) is 72.9 Å². The first-order chi connectivity index (χ1) is 13.4. The van der Waals surface area contributed by atoms with Gasteiger partial charge in [0, 0.05) is 37.3 Å². The van der Waals surface area contributed by atoms with E-state index in [4.69, 9.17) is 0 Å². The number of nitrogens with one attached hydrogen (secondary N) is 1. The van der Waals surface area contributed by atoms with E-state index in [9.17, 15) is 23.5 Å². The normalized spacial score (nSPS) is 23.8. The zero-order valence-corrected chi connectivity index (χ0v) is 14.9. The van der Waals surface area contributed by atoms with Gasteiger partial charge < -0.3 is 20.2 Å². The molecule has 0 aromatic heterocycles. The molecule has 4 rings (SSSR count). The van der Waals surface area contributed by atoms with E-state index in [0.29, 0.717) is 6.54 Å². The summed E-state index contributed by atoms with van der Waals surface area (Å²) >= 11 is 0. The molecule has 2 heterocycles. The van der Waals surface area contributed by atoms with Gasteiger partial charge in [-0.1, -0.05) is 30.3 Å². The van der Waals surface area contributed by atoms with Crippen LogP contribution in [0.3, 0.4) is 0 Å². The number of benzene rings is 2. The lowest BCUT2D eigenvalue weighted by molar-refractivity contribution is -0.136. The van der Waals surface area contributed by atoms with E-state index >= 15 is 0 Å². The van der Waals surface area contributed by atoms with Crippen molar-refractivity contribution in [1.29, 1.82) is 0 Å². The van der Waals surface area contributed by atoms with Crippen LogP contribution in [0.15, 0.2) is 48.5 Å². The molecule has 2 aliphatic heterocycles. The monoisotopic (exact) mass is 387 g/mol. The molecule has 0 radical (unpaired) electrons. The van der Waals surface area contributed by atoms with Crippen LogP contribution in [0.5, 0.6) is 0 Å². The van der Waals surface area contributed by atoms with Gasteiger partial charge in [0.05, 0.1) is 6.04 Å². The Morgan fingerprint density at radius 3 is 2.46 bits per heavy atom. The van der Waals surface area contributed by atoms with E-state index in [1.54, 1.807) is 4.90 Å². The molecule has 2 fully saturated rings. The van der Waals surface area contributed by atoms with Crippen LogP contribution in [0.2, 0.25) is 0 Å². The Hall–Kier alpha value is -3.00. The molecule has 0 aliphatic carbocycles. The van der Waals surface area contributed by atoms with Crippen LogP contribution in [-0.4, -0.2) is 52.1 Å². The van der Waals surface area contributed by atoms with E-state index in [1.807, 2.05) is 30.3 Å². The zero-order valence-electron chi connectivity index (χ0n) is 14.9. The maximum Gasteiger partial charge on any atom is 0.321 e. The molecule has 3 atom stereocenters. The molecule has 2 aromatic carbocycles. The number of anilines is 1. The van der Waals surface area contributed by atoms with Crippen molar-refractivity contribution < 1.29 is 23.5 Å². The fourth-order valence-corrected chi connectivity index (χ4v) is 3.94. The second kappa shape index (κ2) is 7.20. The van der Waals surface area contributed by atoms with Gasteiger partial charge in [0.15, 0.2) is 0 Å². The van der Waals surface area contributed by atoms with Crippen LogP contribution in [0.4, 0.5) is 19.3 Å². The van der Waals surface area contributed by atoms with Gasteiger partial charge >= 0.3 is 6.03 Å². The minimum Gasteiger partial charge on any atom is -0.383 e. The summed E-state index contributed by atoms with van der Waals surface area (Å²) in [6, 6.07) is 11.3. The number of carbonyl (C=O) groups is 2. The number of amides is 3. The summed E-state index contributed by atoms with van der Waals surface area (Å²) in [5.74, 6) is -2.32. The van der Waals surface area contributed by atoms with Gasteiger partial charge in [0.25, 0.3) is 5.91 Å². The van der Waals surface area contributed by atoms with Gasteiger partial charge in [0.2, 0.25) is 0 Å². The molecule has 2 aromatic rings. The van der Waals surface area contributed by atoms with Crippen molar-refractivity contribution in [3.8, 4) is 0 Å². The molecule has 6 nitrogen and oxygen atoms in total. The molecule has 28 heavy (non-hydrogen) atoms. The van der Waals surface area contributed by atoms with E-state index in [-0.39, 0.29) is 30.7 Å². The quantitative estimate of drug-likeness (QED) is 0.848. The number of aliphatic hydroxyl groups is 1. The lowest BCUT2D eigenvalue weighted by atomic mass is 10.0. The molecular weight excluding hydrogens is 368 g/mol. The number of nitrogens with zero attached hydrogens (tertiary/aromatic N) is 2. The Morgan fingerprint density at radius 2 is 1.79 bits per heavy atom. The molecule has 8 heteroatoms. The Morgan fingerprint density at radius 1 is 1.11 bits per heavy atom. The molecule has 0 spiro atoms. The first-order valence-corrected chi connectivity index (χ1v) is 8.97. The fourth-order valence-electron chi connectivity index (χ4n) is 3.94. The molecule has 2 saturated heterocycles. The third-order valence-corrected chi connectivity index (χ3v) is 5.27. The molecule has 2 N–H and O–H groups in total. The van der Waals surface area contributed by atoms with Gasteiger partial charge in [0.1, 0.15) is 17.7 Å². The number of rotatable bonds is 3. The third-order valence-electron chi connectivity index (χ3n) is 5.27. The smallest absolute Gasteiger partial charge is 0.321 e. The second-order valence-corrected chi connectivity index (χ2v) is 7.12. The van der Waals surface area contributed by atoms with Gasteiger partial charge in [-0.25, -0.2) is 13.6 Å². The van der Waals surface area contributed by atoms with Crippen LogP contribution in [-0.2, 0) is 11.3 Å². The lowest BCUT2D eigenvalue weighted by Crippen LogP contribution is -2.41. The Balaban J connectivity index is 1.47. The largest absolute Gasteiger partial charge is 0.383 e. The van der Waals surface area contributed by atoms with Crippen molar-refractivity contribution in [2.45, 2.75) is 18.7 Å². The van der Waals surface area contributed by atoms with E-state index in [0.717, 1.165) is 23.8 Å². The van der Waals surface area contributed by atoms with Crippen LogP contribution in [0.1, 0.15) is 5.56 Å². The summed E-state index contributed by atoms with van der Waals surface area (Å²) in [4.78, 5) is 28.0. The maximum absolute atomic E-state index is 13.3. The molecule has 3 amide bonds. The van der Waals surface area contributed by atoms with Crippen molar-refractivity contribution in [2.75, 3.05) is 18.4 Å². The average Bonchev–Trinajstić information content (AvgIpc) is 3.17. The fraction of sp³-hybridized carbons (Fsp3) is 0.300. The van der Waals surface area contributed by atoms with Gasteiger partial charge in [-0.05, 0) is 17.7 Å². The highest BCUT2D eigenvalue weighted by Crippen LogP contribution is 2.34. The number of halogens is 2. The van der Waals surface area contributed by atoms with Crippen LogP contribution < -0.4 is 5.32 Å². The molecule has 2 aliphatic rings. The third kappa shape index (κ3) is 3.43. The van der Waals surface area contributed by atoms with Crippen molar-refractivity contribution >= 4 is 17.6 Å². The summed E-state index contributed by atoms with van der Waals surface area (Å²) < 4.78 is 26.6. The summed E-state index contributed by atoms with van der Waals surface area (Å²) in [5.41, 5.74) is 0.944. The Bertz CT molecular complexity index is 889. The highest BCUT2D eigenvalue weighted by Gasteiger charge is 2.52. The number of fused-ring (bicyclic) bond motifs is 1. The molecule has 0 bridgehead atoms. The predicted octanol–water partition coefficient (Wildman–Crippen LogP) is 2.20. The summed E-state index contributed by atoms with van der Waals surface area (Å²) in [7, 11) is 0. The molecule has 146 valence electrons. The van der Waals surface area contributed by atoms with E-state index in [1.165, 1.54) is 4.90 Å². The van der Waals surface area contributed by atoms with Crippen molar-refractivity contribution in [2.24, 2.45) is 5.92 Å². The van der Waals surface area contributed by atoms with E-state index in [2.05, 4.69) is 5.32 Å². The standard InChI is InChI=1S/C20H19F2N3O3/c21-13-6-14(22)8-15(7-13)23-20(28)24-10-16-17(11-24)25(19(27)18(16)26)9-12-4-2-1-3-5-12/h1-8,16-18,26H,9-11H2,(H,23,28)/t16-,17+,18-/m0/s1. The van der Waals surface area contributed by atoms with Gasteiger partial charge in [-0.3, -0.25) is 4.79 Å². The minimum absolute atomic E-state index is 0.0114. The molecule has 0 saturated carbocycles. The summed E-state index contributed by atoms with van der Waals surface area (Å²) in [5, 5.41) is 12.8. The van der Waals surface area contributed by atoms with Crippen molar-refractivity contribution in [3.63, 3.8) is 0 Å². The van der Waals surface area contributed by atoms with E-state index < -0.39 is 29.7 Å². The van der Waals surface area contributed by atoms with Crippen LogP contribution in [0, 0.1) is 17.6 Å². The number of hydrogen-bond acceptors (Lipinski definition) is 3. The summed E-state index contributed by atoms with van der Waals surface area (Å²) in [6.07, 6.45) is -1.17. The minimum atomic E-state index is -1.17. The second-order valence-electron chi connectivity index (χ2n) is 7.12. The van der Waals surface area contributed by atoms with Gasteiger partial charge in [-0.15, -0.1) is 0 Å². The Kier molecular flexibility index (Phi) is 4.72. The lowest BCUT2D eigenvalue weighted by Gasteiger charge is -2.25. The number of hydrogen-bond donors (Lipinski definition) is 2. The predicted molar refractivity (Wildman–Crippen MR) is 97.2 cm³/mol. The maximum atomic E-state index is 13.3.